The quantitative estimate of drug-likeness (QED) is 0.603. The van der Waals surface area contributed by atoms with Gasteiger partial charge in [0.1, 0.15) is 0 Å². The van der Waals surface area contributed by atoms with E-state index in [2.05, 4.69) is 15.6 Å². The summed E-state index contributed by atoms with van der Waals surface area (Å²) in [5.74, 6) is 2.44. The van der Waals surface area contributed by atoms with Crippen molar-refractivity contribution < 1.29 is 8.42 Å². The van der Waals surface area contributed by atoms with Gasteiger partial charge in [-0.2, -0.15) is 0 Å². The fourth-order valence-electron chi connectivity index (χ4n) is 1.11. The van der Waals surface area contributed by atoms with E-state index in [9.17, 15) is 8.42 Å². The molecule has 0 spiro atoms. The van der Waals surface area contributed by atoms with Gasteiger partial charge in [0.2, 0.25) is 0 Å². The summed E-state index contributed by atoms with van der Waals surface area (Å²) in [6, 6.07) is 0. The van der Waals surface area contributed by atoms with Crippen LogP contribution in [0.2, 0.25) is 0 Å². The maximum Gasteiger partial charge on any atom is 0.252 e. The van der Waals surface area contributed by atoms with E-state index in [0.717, 1.165) is 11.3 Å². The first kappa shape index (κ1) is 13.0. The summed E-state index contributed by atoms with van der Waals surface area (Å²) in [6.45, 7) is 1.94. The number of unbranched alkanes of at least 4 members (excludes halogenated alkanes) is 1. The Morgan fingerprint density at radius 1 is 1.62 bits per heavy atom. The predicted molar refractivity (Wildman–Crippen MR) is 64.5 cm³/mol. The number of anilines is 1. The van der Waals surface area contributed by atoms with Gasteiger partial charge in [-0.25, -0.2) is 18.1 Å². The molecule has 0 amide bonds. The van der Waals surface area contributed by atoms with Crippen LogP contribution in [0.5, 0.6) is 0 Å². The molecule has 0 bridgehead atoms. The number of rotatable bonds is 5. The van der Waals surface area contributed by atoms with Gasteiger partial charge in [-0.05, 0) is 13.3 Å². The minimum Gasteiger partial charge on any atom is -0.375 e. The summed E-state index contributed by atoms with van der Waals surface area (Å²) in [6.07, 6.45) is 6.23. The number of thiazole rings is 1. The highest BCUT2D eigenvalue weighted by molar-refractivity contribution is 7.91. The Morgan fingerprint density at radius 3 is 2.81 bits per heavy atom. The summed E-state index contributed by atoms with van der Waals surface area (Å²) >= 11 is 0.961. The van der Waals surface area contributed by atoms with Crippen molar-refractivity contribution in [1.82, 2.24) is 9.71 Å². The van der Waals surface area contributed by atoms with Crippen molar-refractivity contribution in [2.45, 2.75) is 24.0 Å². The van der Waals surface area contributed by atoms with Gasteiger partial charge in [-0.3, -0.25) is 0 Å². The van der Waals surface area contributed by atoms with Crippen LogP contribution >= 0.6 is 11.3 Å². The van der Waals surface area contributed by atoms with Gasteiger partial charge in [-0.1, -0.05) is 11.3 Å². The average molecular weight is 259 g/mol. The van der Waals surface area contributed by atoms with E-state index >= 15 is 0 Å². The van der Waals surface area contributed by atoms with Gasteiger partial charge < -0.3 is 5.73 Å². The van der Waals surface area contributed by atoms with E-state index in [1.807, 2.05) is 0 Å². The van der Waals surface area contributed by atoms with Crippen molar-refractivity contribution in [3.05, 3.63) is 5.69 Å². The molecule has 0 aliphatic heterocycles. The highest BCUT2D eigenvalue weighted by Gasteiger charge is 2.20. The summed E-state index contributed by atoms with van der Waals surface area (Å²) in [5, 5.41) is 0.251. The first-order chi connectivity index (χ1) is 7.47. The lowest BCUT2D eigenvalue weighted by Crippen LogP contribution is -2.24. The van der Waals surface area contributed by atoms with E-state index in [4.69, 9.17) is 12.2 Å². The molecular formula is C9H13N3O2S2. The van der Waals surface area contributed by atoms with Crippen LogP contribution in [0, 0.1) is 19.3 Å². The van der Waals surface area contributed by atoms with Crippen molar-refractivity contribution in [3.63, 3.8) is 0 Å². The van der Waals surface area contributed by atoms with Gasteiger partial charge in [-0.15, -0.1) is 12.3 Å². The second kappa shape index (κ2) is 5.30. The van der Waals surface area contributed by atoms with Crippen LogP contribution in [0.4, 0.5) is 5.13 Å². The lowest BCUT2D eigenvalue weighted by Gasteiger charge is -2.03. The van der Waals surface area contributed by atoms with Gasteiger partial charge in [0.05, 0.1) is 5.69 Å². The lowest BCUT2D eigenvalue weighted by molar-refractivity contribution is 0.581. The molecule has 3 N–H and O–H groups in total. The number of hydrogen-bond donors (Lipinski definition) is 2. The Bertz CT molecular complexity index is 499. The lowest BCUT2D eigenvalue weighted by atomic mass is 10.3. The Balaban J connectivity index is 2.72. The minimum absolute atomic E-state index is 0.172. The van der Waals surface area contributed by atoms with E-state index < -0.39 is 10.0 Å². The molecule has 0 saturated heterocycles. The van der Waals surface area contributed by atoms with Gasteiger partial charge in [0, 0.05) is 13.0 Å². The van der Waals surface area contributed by atoms with Gasteiger partial charge >= 0.3 is 0 Å². The molecule has 0 aromatic carbocycles. The van der Waals surface area contributed by atoms with E-state index in [1.54, 1.807) is 6.92 Å². The zero-order valence-corrected chi connectivity index (χ0v) is 10.5. The number of nitrogen functional groups attached to an aromatic ring is 1. The first-order valence-electron chi connectivity index (χ1n) is 4.63. The molecule has 0 fully saturated rings. The van der Waals surface area contributed by atoms with Crippen LogP contribution < -0.4 is 10.5 Å². The summed E-state index contributed by atoms with van der Waals surface area (Å²) in [5.41, 5.74) is 5.86. The SMILES string of the molecule is C#CCCCNS(=O)(=O)c1sc(N)nc1C. The largest absolute Gasteiger partial charge is 0.375 e. The van der Waals surface area contributed by atoms with Crippen molar-refractivity contribution in [1.29, 1.82) is 0 Å². The van der Waals surface area contributed by atoms with Crippen LogP contribution in [0.1, 0.15) is 18.5 Å². The van der Waals surface area contributed by atoms with Crippen molar-refractivity contribution in [3.8, 4) is 12.3 Å². The van der Waals surface area contributed by atoms with Crippen molar-refractivity contribution in [2.75, 3.05) is 12.3 Å². The number of nitrogens with zero attached hydrogens (tertiary/aromatic N) is 1. The number of terminal acetylenes is 1. The highest BCUT2D eigenvalue weighted by Crippen LogP contribution is 2.24. The zero-order chi connectivity index (χ0) is 12.2. The molecule has 1 aromatic rings. The third-order valence-electron chi connectivity index (χ3n) is 1.80. The Hall–Kier alpha value is -1.10. The number of nitrogens with two attached hydrogens (primary N) is 1. The van der Waals surface area contributed by atoms with Crippen molar-refractivity contribution >= 4 is 26.5 Å². The maximum atomic E-state index is 11.8. The summed E-state index contributed by atoms with van der Waals surface area (Å²) in [7, 11) is -3.49. The summed E-state index contributed by atoms with van der Waals surface area (Å²) in [4.78, 5) is 3.87. The number of sulfonamides is 1. The molecule has 1 heterocycles. The van der Waals surface area contributed by atoms with E-state index in [0.29, 0.717) is 25.1 Å². The standard InChI is InChI=1S/C9H13N3O2S2/c1-3-4-5-6-11-16(13,14)8-7(2)12-9(10)15-8/h1,11H,4-6H2,2H3,(H2,10,12). The maximum absolute atomic E-state index is 11.8. The molecule has 0 aliphatic carbocycles. The molecule has 16 heavy (non-hydrogen) atoms. The Morgan fingerprint density at radius 2 is 2.31 bits per heavy atom. The van der Waals surface area contributed by atoms with Crippen LogP contribution in [0.25, 0.3) is 0 Å². The molecule has 88 valence electrons. The van der Waals surface area contributed by atoms with Gasteiger partial charge in [0.15, 0.2) is 9.34 Å². The van der Waals surface area contributed by atoms with Gasteiger partial charge in [0.25, 0.3) is 10.0 Å². The van der Waals surface area contributed by atoms with Crippen LogP contribution in [-0.2, 0) is 10.0 Å². The second-order valence-electron chi connectivity index (χ2n) is 3.13. The molecule has 0 saturated carbocycles. The first-order valence-corrected chi connectivity index (χ1v) is 6.93. The Labute approximate surface area is 99.1 Å². The fourth-order valence-corrected chi connectivity index (χ4v) is 3.53. The van der Waals surface area contributed by atoms with E-state index in [1.165, 1.54) is 0 Å². The fraction of sp³-hybridized carbons (Fsp3) is 0.444. The van der Waals surface area contributed by atoms with Crippen LogP contribution in [0.15, 0.2) is 4.21 Å². The third-order valence-corrected chi connectivity index (χ3v) is 4.86. The molecule has 0 aliphatic rings. The smallest absolute Gasteiger partial charge is 0.252 e. The average Bonchev–Trinajstić information content (AvgIpc) is 2.53. The number of hydrogen-bond acceptors (Lipinski definition) is 5. The molecule has 1 aromatic heterocycles. The normalized spacial score (nSPS) is 11.2. The number of aromatic nitrogens is 1. The number of nitrogens with one attached hydrogen (secondary N) is 1. The van der Waals surface area contributed by atoms with E-state index in [-0.39, 0.29) is 9.34 Å². The van der Waals surface area contributed by atoms with Crippen LogP contribution in [0.3, 0.4) is 0 Å². The molecule has 7 heteroatoms. The third kappa shape index (κ3) is 3.20. The minimum atomic E-state index is -3.49. The van der Waals surface area contributed by atoms with Crippen molar-refractivity contribution in [2.24, 2.45) is 0 Å². The highest BCUT2D eigenvalue weighted by atomic mass is 32.2. The number of aryl methyl sites for hydroxylation is 1. The molecule has 1 rings (SSSR count). The molecule has 0 radical (unpaired) electrons. The molecule has 0 atom stereocenters. The molecule has 5 nitrogen and oxygen atoms in total. The molecular weight excluding hydrogens is 246 g/mol. The van der Waals surface area contributed by atoms with Crippen LogP contribution in [-0.4, -0.2) is 19.9 Å². The molecule has 0 unspecified atom stereocenters. The Kier molecular flexibility index (Phi) is 4.29. The predicted octanol–water partition coefficient (Wildman–Crippen LogP) is 0.725. The monoisotopic (exact) mass is 259 g/mol. The topological polar surface area (TPSA) is 85.1 Å². The zero-order valence-electron chi connectivity index (χ0n) is 8.86. The summed E-state index contributed by atoms with van der Waals surface area (Å²) < 4.78 is 26.2. The second-order valence-corrected chi connectivity index (χ2v) is 6.12.